The Balaban J connectivity index is 2.44. The van der Waals surface area contributed by atoms with E-state index in [0.29, 0.717) is 9.88 Å². The summed E-state index contributed by atoms with van der Waals surface area (Å²) < 4.78 is 0.318. The van der Waals surface area contributed by atoms with Crippen molar-refractivity contribution < 1.29 is 0 Å². The first-order chi connectivity index (χ1) is 5.47. The predicted octanol–water partition coefficient (Wildman–Crippen LogP) is 2.76. The summed E-state index contributed by atoms with van der Waals surface area (Å²) in [6, 6.07) is 0. The number of nitrogens with zero attached hydrogens (tertiary/aromatic N) is 1. The van der Waals surface area contributed by atoms with Crippen LogP contribution in [-0.2, 0) is 5.75 Å². The molecule has 0 radical (unpaired) electrons. The Morgan fingerprint density at radius 3 is 2.67 bits per heavy atom. The van der Waals surface area contributed by atoms with E-state index in [9.17, 15) is 0 Å². The Hall–Kier alpha value is -0.220. The van der Waals surface area contributed by atoms with Gasteiger partial charge in [-0.15, -0.1) is 11.3 Å². The van der Waals surface area contributed by atoms with Crippen LogP contribution in [0.1, 0.15) is 25.6 Å². The van der Waals surface area contributed by atoms with E-state index >= 15 is 0 Å². The molecular weight excluding hydrogens is 188 g/mol. The average molecular weight is 202 g/mol. The fourth-order valence-electron chi connectivity index (χ4n) is 0.677. The van der Waals surface area contributed by atoms with Gasteiger partial charge in [-0.1, -0.05) is 20.8 Å². The molecular formula is C8H14N2S2. The smallest absolute Gasteiger partial charge is 0.180 e. The highest BCUT2D eigenvalue weighted by molar-refractivity contribution is 7.99. The second-order valence-electron chi connectivity index (χ2n) is 3.57. The number of aromatic nitrogens is 1. The van der Waals surface area contributed by atoms with Crippen LogP contribution < -0.4 is 5.73 Å². The van der Waals surface area contributed by atoms with Crippen LogP contribution in [0.2, 0.25) is 0 Å². The van der Waals surface area contributed by atoms with E-state index in [1.807, 2.05) is 18.0 Å². The van der Waals surface area contributed by atoms with Crippen molar-refractivity contribution in [3.05, 3.63) is 11.1 Å². The van der Waals surface area contributed by atoms with Crippen molar-refractivity contribution >= 4 is 28.2 Å². The van der Waals surface area contributed by atoms with Crippen LogP contribution in [0.25, 0.3) is 0 Å². The van der Waals surface area contributed by atoms with E-state index in [2.05, 4.69) is 25.8 Å². The van der Waals surface area contributed by atoms with Gasteiger partial charge in [0.1, 0.15) is 0 Å². The van der Waals surface area contributed by atoms with E-state index in [1.54, 1.807) is 11.3 Å². The largest absolute Gasteiger partial charge is 0.375 e. The number of thiazole rings is 1. The molecule has 0 unspecified atom stereocenters. The predicted molar refractivity (Wildman–Crippen MR) is 57.6 cm³/mol. The van der Waals surface area contributed by atoms with Crippen molar-refractivity contribution in [3.63, 3.8) is 0 Å². The average Bonchev–Trinajstić information content (AvgIpc) is 2.30. The molecule has 12 heavy (non-hydrogen) atoms. The monoisotopic (exact) mass is 202 g/mol. The van der Waals surface area contributed by atoms with E-state index < -0.39 is 0 Å². The maximum atomic E-state index is 5.52. The fourth-order valence-corrected chi connectivity index (χ4v) is 2.22. The SMILES string of the molecule is CC(C)(C)SCc1cnc(N)s1. The van der Waals surface area contributed by atoms with Crippen molar-refractivity contribution in [2.24, 2.45) is 0 Å². The second-order valence-corrected chi connectivity index (χ2v) is 6.51. The topological polar surface area (TPSA) is 38.9 Å². The Bertz CT molecular complexity index is 250. The number of anilines is 1. The lowest BCUT2D eigenvalue weighted by molar-refractivity contribution is 0.802. The molecule has 1 aromatic heterocycles. The zero-order valence-corrected chi connectivity index (χ0v) is 9.26. The van der Waals surface area contributed by atoms with Crippen LogP contribution in [0.15, 0.2) is 6.20 Å². The van der Waals surface area contributed by atoms with Gasteiger partial charge in [0.05, 0.1) is 0 Å². The molecule has 0 saturated heterocycles. The summed E-state index contributed by atoms with van der Waals surface area (Å²) in [5.74, 6) is 1.01. The molecule has 0 aliphatic heterocycles. The summed E-state index contributed by atoms with van der Waals surface area (Å²) in [6.07, 6.45) is 1.86. The van der Waals surface area contributed by atoms with Crippen LogP contribution in [0, 0.1) is 0 Å². The van der Waals surface area contributed by atoms with E-state index in [0.717, 1.165) is 5.75 Å². The zero-order valence-electron chi connectivity index (χ0n) is 7.63. The zero-order chi connectivity index (χ0) is 9.19. The van der Waals surface area contributed by atoms with Crippen LogP contribution >= 0.6 is 23.1 Å². The van der Waals surface area contributed by atoms with Crippen molar-refractivity contribution in [2.45, 2.75) is 31.3 Å². The normalized spacial score (nSPS) is 11.9. The Morgan fingerprint density at radius 1 is 1.58 bits per heavy atom. The molecule has 0 aliphatic rings. The first-order valence-corrected chi connectivity index (χ1v) is 5.62. The van der Waals surface area contributed by atoms with Crippen LogP contribution in [0.4, 0.5) is 5.13 Å². The van der Waals surface area contributed by atoms with Crippen molar-refractivity contribution in [2.75, 3.05) is 5.73 Å². The Labute approximate surface area is 81.6 Å². The molecule has 0 atom stereocenters. The molecule has 0 aromatic carbocycles. The lowest BCUT2D eigenvalue weighted by Gasteiger charge is -2.16. The van der Waals surface area contributed by atoms with Gasteiger partial charge in [-0.3, -0.25) is 0 Å². The number of hydrogen-bond donors (Lipinski definition) is 1. The van der Waals surface area contributed by atoms with Crippen LogP contribution in [0.5, 0.6) is 0 Å². The standard InChI is InChI=1S/C8H14N2S2/c1-8(2,3)11-5-6-4-10-7(9)12-6/h4H,5H2,1-3H3,(H2,9,10). The van der Waals surface area contributed by atoms with Gasteiger partial charge in [-0.2, -0.15) is 11.8 Å². The number of nitrogen functional groups attached to an aromatic ring is 1. The van der Waals surface area contributed by atoms with Gasteiger partial charge in [0.2, 0.25) is 0 Å². The molecule has 0 spiro atoms. The molecule has 0 bridgehead atoms. The Morgan fingerprint density at radius 2 is 2.25 bits per heavy atom. The minimum absolute atomic E-state index is 0.318. The Kier molecular flexibility index (Phi) is 3.01. The molecule has 2 N–H and O–H groups in total. The number of rotatable bonds is 2. The number of nitrogens with two attached hydrogens (primary N) is 1. The highest BCUT2D eigenvalue weighted by Gasteiger charge is 2.11. The van der Waals surface area contributed by atoms with Gasteiger partial charge in [0.25, 0.3) is 0 Å². The third-order valence-electron chi connectivity index (χ3n) is 1.22. The summed E-state index contributed by atoms with van der Waals surface area (Å²) in [5.41, 5.74) is 5.52. The molecule has 0 fully saturated rings. The van der Waals surface area contributed by atoms with Crippen molar-refractivity contribution in [1.29, 1.82) is 0 Å². The quantitative estimate of drug-likeness (QED) is 0.801. The third-order valence-corrected chi connectivity index (χ3v) is 3.55. The summed E-state index contributed by atoms with van der Waals surface area (Å²) >= 11 is 3.49. The van der Waals surface area contributed by atoms with Crippen LogP contribution in [0.3, 0.4) is 0 Å². The second kappa shape index (κ2) is 3.66. The summed E-state index contributed by atoms with van der Waals surface area (Å²) in [5, 5.41) is 0.666. The summed E-state index contributed by atoms with van der Waals surface area (Å²) in [6.45, 7) is 6.63. The van der Waals surface area contributed by atoms with Gasteiger partial charge in [-0.05, 0) is 0 Å². The molecule has 4 heteroatoms. The van der Waals surface area contributed by atoms with E-state index in [1.165, 1.54) is 4.88 Å². The number of hydrogen-bond acceptors (Lipinski definition) is 4. The van der Waals surface area contributed by atoms with E-state index in [4.69, 9.17) is 5.73 Å². The van der Waals surface area contributed by atoms with Gasteiger partial charge < -0.3 is 5.73 Å². The molecule has 68 valence electrons. The lowest BCUT2D eigenvalue weighted by atomic mass is 10.3. The van der Waals surface area contributed by atoms with Crippen LogP contribution in [-0.4, -0.2) is 9.73 Å². The highest BCUT2D eigenvalue weighted by atomic mass is 32.2. The molecule has 1 aromatic rings. The molecule has 1 rings (SSSR count). The first kappa shape index (κ1) is 9.86. The van der Waals surface area contributed by atoms with Gasteiger partial charge >= 0.3 is 0 Å². The molecule has 2 nitrogen and oxygen atoms in total. The van der Waals surface area contributed by atoms with Gasteiger partial charge in [-0.25, -0.2) is 4.98 Å². The molecule has 1 heterocycles. The first-order valence-electron chi connectivity index (χ1n) is 3.81. The minimum atomic E-state index is 0.318. The van der Waals surface area contributed by atoms with Crippen molar-refractivity contribution in [1.82, 2.24) is 4.98 Å². The fraction of sp³-hybridized carbons (Fsp3) is 0.625. The third kappa shape index (κ3) is 3.45. The van der Waals surface area contributed by atoms with Crippen molar-refractivity contribution in [3.8, 4) is 0 Å². The molecule has 0 aliphatic carbocycles. The minimum Gasteiger partial charge on any atom is -0.375 e. The van der Waals surface area contributed by atoms with E-state index in [-0.39, 0.29) is 0 Å². The molecule has 0 amide bonds. The lowest BCUT2D eigenvalue weighted by Crippen LogP contribution is -2.06. The van der Waals surface area contributed by atoms with Gasteiger partial charge in [0, 0.05) is 21.6 Å². The molecule has 0 saturated carbocycles. The summed E-state index contributed by atoms with van der Waals surface area (Å²) in [7, 11) is 0. The van der Waals surface area contributed by atoms with Gasteiger partial charge in [0.15, 0.2) is 5.13 Å². The summed E-state index contributed by atoms with van der Waals surface area (Å²) in [4.78, 5) is 5.26. The maximum absolute atomic E-state index is 5.52. The maximum Gasteiger partial charge on any atom is 0.180 e. The number of thioether (sulfide) groups is 1. The highest BCUT2D eigenvalue weighted by Crippen LogP contribution is 2.29.